The van der Waals surface area contributed by atoms with Crippen LogP contribution >= 0.6 is 0 Å². The molecule has 0 spiro atoms. The van der Waals surface area contributed by atoms with Gasteiger partial charge in [0.1, 0.15) is 18.0 Å². The van der Waals surface area contributed by atoms with E-state index in [-0.39, 0.29) is 25.6 Å². The molecule has 0 aliphatic carbocycles. The summed E-state index contributed by atoms with van der Waals surface area (Å²) >= 11 is 0. The van der Waals surface area contributed by atoms with Crippen molar-refractivity contribution >= 4 is 15.9 Å². The van der Waals surface area contributed by atoms with Crippen molar-refractivity contribution in [3.63, 3.8) is 0 Å². The van der Waals surface area contributed by atoms with E-state index in [0.717, 1.165) is 11.8 Å². The van der Waals surface area contributed by atoms with Crippen LogP contribution in [0.3, 0.4) is 0 Å². The van der Waals surface area contributed by atoms with E-state index in [1.165, 1.54) is 4.90 Å². The molecule has 24 heavy (non-hydrogen) atoms. The number of nitrogens with one attached hydrogen (secondary N) is 1. The van der Waals surface area contributed by atoms with Gasteiger partial charge in [-0.1, -0.05) is 18.2 Å². The van der Waals surface area contributed by atoms with Crippen molar-refractivity contribution in [3.8, 4) is 5.75 Å². The number of hydrogen-bond donors (Lipinski definition) is 2. The zero-order valence-corrected chi connectivity index (χ0v) is 14.8. The second kappa shape index (κ2) is 7.50. The Morgan fingerprint density at radius 3 is 2.79 bits per heavy atom. The summed E-state index contributed by atoms with van der Waals surface area (Å²) in [6.07, 6.45) is 2.17. The summed E-state index contributed by atoms with van der Waals surface area (Å²) in [7, 11) is -3.42. The Kier molecular flexibility index (Phi) is 5.84. The predicted octanol–water partition coefficient (Wildman–Crippen LogP) is 0.277. The molecule has 1 atom stereocenters. The first-order chi connectivity index (χ1) is 11.2. The summed E-state index contributed by atoms with van der Waals surface area (Å²) < 4.78 is 30.1. The maximum atomic E-state index is 12.1. The molecule has 2 N–H and O–H groups in total. The van der Waals surface area contributed by atoms with Gasteiger partial charge in [-0.2, -0.15) is 0 Å². The lowest BCUT2D eigenvalue weighted by molar-refractivity contribution is -0.138. The molecule has 0 saturated carbocycles. The second-order valence-corrected chi connectivity index (χ2v) is 8.12. The lowest BCUT2D eigenvalue weighted by Crippen LogP contribution is -2.55. The van der Waals surface area contributed by atoms with Crippen LogP contribution < -0.4 is 9.46 Å². The fraction of sp³-hybridized carbons (Fsp3) is 0.562. The van der Waals surface area contributed by atoms with Crippen LogP contribution in [0.2, 0.25) is 0 Å². The highest BCUT2D eigenvalue weighted by Crippen LogP contribution is 2.24. The molecule has 0 bridgehead atoms. The minimum Gasteiger partial charge on any atom is -0.490 e. The SMILES string of the molecule is Cc1ccccc1OC[C@]1(O)CCCN(C(=O)CNS(C)(=O)=O)C1. The van der Waals surface area contributed by atoms with Gasteiger partial charge < -0.3 is 14.7 Å². The minimum absolute atomic E-state index is 0.0845. The number of para-hydroxylation sites is 1. The normalized spacial score (nSPS) is 21.5. The number of sulfonamides is 1. The van der Waals surface area contributed by atoms with Crippen LogP contribution in [0.5, 0.6) is 5.75 Å². The molecule has 1 amide bonds. The van der Waals surface area contributed by atoms with E-state index in [1.54, 1.807) is 0 Å². The van der Waals surface area contributed by atoms with Crippen molar-refractivity contribution in [3.05, 3.63) is 29.8 Å². The number of hydrogen-bond acceptors (Lipinski definition) is 5. The topological polar surface area (TPSA) is 95.9 Å². The highest BCUT2D eigenvalue weighted by atomic mass is 32.2. The third-order valence-electron chi connectivity index (χ3n) is 3.98. The van der Waals surface area contributed by atoms with E-state index < -0.39 is 15.6 Å². The van der Waals surface area contributed by atoms with Gasteiger partial charge in [0.2, 0.25) is 15.9 Å². The van der Waals surface area contributed by atoms with Crippen LogP contribution in [-0.4, -0.2) is 62.4 Å². The van der Waals surface area contributed by atoms with Crippen LogP contribution in [0.15, 0.2) is 24.3 Å². The van der Waals surface area contributed by atoms with Gasteiger partial charge in [0.05, 0.1) is 19.3 Å². The van der Waals surface area contributed by atoms with E-state index in [9.17, 15) is 18.3 Å². The fourth-order valence-corrected chi connectivity index (χ4v) is 3.06. The Hall–Kier alpha value is -1.64. The maximum Gasteiger partial charge on any atom is 0.237 e. The number of rotatable bonds is 6. The van der Waals surface area contributed by atoms with Gasteiger partial charge in [-0.25, -0.2) is 13.1 Å². The molecule has 1 heterocycles. The van der Waals surface area contributed by atoms with Crippen LogP contribution in [0, 0.1) is 6.92 Å². The van der Waals surface area contributed by atoms with Crippen molar-refractivity contribution in [1.29, 1.82) is 0 Å². The molecule has 1 fully saturated rings. The quantitative estimate of drug-likeness (QED) is 0.763. The second-order valence-electron chi connectivity index (χ2n) is 6.29. The average Bonchev–Trinajstić information content (AvgIpc) is 2.51. The van der Waals surface area contributed by atoms with Gasteiger partial charge in [-0.3, -0.25) is 4.79 Å². The van der Waals surface area contributed by atoms with Crippen LogP contribution in [0.25, 0.3) is 0 Å². The fourth-order valence-electron chi connectivity index (χ4n) is 2.68. The summed E-state index contributed by atoms with van der Waals surface area (Å²) in [6, 6.07) is 7.53. The zero-order chi connectivity index (χ0) is 17.8. The Morgan fingerprint density at radius 2 is 2.12 bits per heavy atom. The molecule has 2 rings (SSSR count). The first-order valence-corrected chi connectivity index (χ1v) is 9.71. The number of carbonyl (C=O) groups is 1. The number of carbonyl (C=O) groups excluding carboxylic acids is 1. The Morgan fingerprint density at radius 1 is 1.42 bits per heavy atom. The van der Waals surface area contributed by atoms with Crippen molar-refractivity contribution < 1.29 is 23.1 Å². The maximum absolute atomic E-state index is 12.1. The van der Waals surface area contributed by atoms with Crippen molar-refractivity contribution in [1.82, 2.24) is 9.62 Å². The van der Waals surface area contributed by atoms with E-state index in [4.69, 9.17) is 4.74 Å². The van der Waals surface area contributed by atoms with Crippen LogP contribution in [0.4, 0.5) is 0 Å². The molecular weight excluding hydrogens is 332 g/mol. The molecule has 0 aromatic heterocycles. The molecule has 1 aromatic carbocycles. The predicted molar refractivity (Wildman–Crippen MR) is 90.3 cm³/mol. The van der Waals surface area contributed by atoms with Crippen LogP contribution in [0.1, 0.15) is 18.4 Å². The molecular formula is C16H24N2O5S. The number of likely N-dealkylation sites (tertiary alicyclic amines) is 1. The number of benzene rings is 1. The molecule has 0 radical (unpaired) electrons. The molecule has 7 nitrogen and oxygen atoms in total. The highest BCUT2D eigenvalue weighted by Gasteiger charge is 2.36. The Bertz CT molecular complexity index is 691. The molecule has 1 aromatic rings. The van der Waals surface area contributed by atoms with Gasteiger partial charge in [0.25, 0.3) is 0 Å². The third kappa shape index (κ3) is 5.47. The first-order valence-electron chi connectivity index (χ1n) is 7.82. The standard InChI is InChI=1S/C16H24N2O5S/c1-13-6-3-4-7-14(13)23-12-16(20)8-5-9-18(11-16)15(19)10-17-24(2,21)22/h3-4,6-7,17,20H,5,8-12H2,1-2H3/t16-/m0/s1. The largest absolute Gasteiger partial charge is 0.490 e. The van der Waals surface area contributed by atoms with E-state index in [0.29, 0.717) is 25.1 Å². The van der Waals surface area contributed by atoms with E-state index in [2.05, 4.69) is 4.72 Å². The number of β-amino-alcohol motifs (C(OH)–C–C–N with tert-alkyl or cyclic N) is 1. The molecule has 1 aliphatic rings. The zero-order valence-electron chi connectivity index (χ0n) is 14.0. The summed E-state index contributed by atoms with van der Waals surface area (Å²) in [6.45, 7) is 2.34. The number of nitrogens with zero attached hydrogens (tertiary/aromatic N) is 1. The number of ether oxygens (including phenoxy) is 1. The van der Waals surface area contributed by atoms with Gasteiger partial charge in [-0.15, -0.1) is 0 Å². The van der Waals surface area contributed by atoms with Gasteiger partial charge in [-0.05, 0) is 31.4 Å². The lowest BCUT2D eigenvalue weighted by atomic mass is 9.93. The molecule has 134 valence electrons. The molecule has 1 aliphatic heterocycles. The van der Waals surface area contributed by atoms with Crippen LogP contribution in [-0.2, 0) is 14.8 Å². The lowest BCUT2D eigenvalue weighted by Gasteiger charge is -2.39. The number of aryl methyl sites for hydroxylation is 1. The highest BCUT2D eigenvalue weighted by molar-refractivity contribution is 7.88. The van der Waals surface area contributed by atoms with Crippen molar-refractivity contribution in [2.75, 3.05) is 32.5 Å². The smallest absolute Gasteiger partial charge is 0.237 e. The Labute approximate surface area is 142 Å². The van der Waals surface area contributed by atoms with Crippen molar-refractivity contribution in [2.45, 2.75) is 25.4 Å². The first kappa shape index (κ1) is 18.7. The van der Waals surface area contributed by atoms with Gasteiger partial charge >= 0.3 is 0 Å². The monoisotopic (exact) mass is 356 g/mol. The van der Waals surface area contributed by atoms with Gasteiger partial charge in [0.15, 0.2) is 0 Å². The summed E-state index contributed by atoms with van der Waals surface area (Å²) in [4.78, 5) is 13.6. The minimum atomic E-state index is -3.42. The molecule has 1 saturated heterocycles. The number of aliphatic hydroxyl groups is 1. The van der Waals surface area contributed by atoms with Gasteiger partial charge in [0, 0.05) is 6.54 Å². The number of amides is 1. The number of piperidine rings is 1. The molecule has 8 heteroatoms. The Balaban J connectivity index is 1.93. The third-order valence-corrected chi connectivity index (χ3v) is 4.65. The molecule has 0 unspecified atom stereocenters. The van der Waals surface area contributed by atoms with E-state index in [1.807, 2.05) is 31.2 Å². The van der Waals surface area contributed by atoms with E-state index >= 15 is 0 Å². The summed E-state index contributed by atoms with van der Waals surface area (Å²) in [5, 5.41) is 10.7. The average molecular weight is 356 g/mol. The summed E-state index contributed by atoms with van der Waals surface area (Å²) in [5.74, 6) is 0.350. The summed E-state index contributed by atoms with van der Waals surface area (Å²) in [5.41, 5.74) is -0.163. The van der Waals surface area contributed by atoms with Crippen molar-refractivity contribution in [2.24, 2.45) is 0 Å².